The lowest BCUT2D eigenvalue weighted by molar-refractivity contribution is -0.184. The van der Waals surface area contributed by atoms with Gasteiger partial charge in [0, 0.05) is 27.9 Å². The first kappa shape index (κ1) is 21.4. The number of ether oxygens (including phenoxy) is 1. The molecule has 0 amide bonds. The molecule has 2 heterocycles. The van der Waals surface area contributed by atoms with Crippen LogP contribution in [-0.4, -0.2) is 18.3 Å². The number of rotatable bonds is 5. The van der Waals surface area contributed by atoms with E-state index >= 15 is 0 Å². The predicted octanol–water partition coefficient (Wildman–Crippen LogP) is 5.47. The fraction of sp³-hybridized carbons (Fsp3) is 0.250. The van der Waals surface area contributed by atoms with Gasteiger partial charge in [-0.2, -0.15) is 0 Å². The number of benzene rings is 3. The Labute approximate surface area is 192 Å². The van der Waals surface area contributed by atoms with Gasteiger partial charge in [0.25, 0.3) is 0 Å². The van der Waals surface area contributed by atoms with Crippen LogP contribution in [0.5, 0.6) is 0 Å². The Morgan fingerprint density at radius 3 is 2.39 bits per heavy atom. The summed E-state index contributed by atoms with van der Waals surface area (Å²) in [6, 6.07) is 21.2. The van der Waals surface area contributed by atoms with Gasteiger partial charge in [0.15, 0.2) is 5.43 Å². The van der Waals surface area contributed by atoms with Crippen LogP contribution in [0.25, 0.3) is 22.3 Å². The summed E-state index contributed by atoms with van der Waals surface area (Å²) in [5.41, 5.74) is 4.58. The molecule has 168 valence electrons. The first-order valence-corrected chi connectivity index (χ1v) is 11.2. The average molecular weight is 442 g/mol. The van der Waals surface area contributed by atoms with Gasteiger partial charge in [-0.15, -0.1) is 0 Å². The molecule has 0 unspecified atom stereocenters. The maximum atomic E-state index is 13.3. The quantitative estimate of drug-likeness (QED) is 0.430. The van der Waals surface area contributed by atoms with Crippen molar-refractivity contribution >= 4 is 16.7 Å². The standard InChI is InChI=1S/C28H27NO4/c1-17-13-21(19(3)29-24-12-8-7-11-23(24)28(31)15-32-16-28)27-22(14-17)25(30)18(2)26(33-27)20-9-5-4-6-10-20/h4-14,19,29,31H,15-16H2,1-3H3/t19-/m1/s1. The largest absolute Gasteiger partial charge is 0.455 e. The van der Waals surface area contributed by atoms with Crippen molar-refractivity contribution in [2.24, 2.45) is 0 Å². The van der Waals surface area contributed by atoms with Gasteiger partial charge in [0.1, 0.15) is 16.9 Å². The Kier molecular flexibility index (Phi) is 5.31. The fourth-order valence-corrected chi connectivity index (χ4v) is 4.53. The maximum Gasteiger partial charge on any atom is 0.196 e. The van der Waals surface area contributed by atoms with E-state index < -0.39 is 5.60 Å². The predicted molar refractivity (Wildman–Crippen MR) is 131 cm³/mol. The third kappa shape index (κ3) is 3.73. The topological polar surface area (TPSA) is 71.7 Å². The van der Waals surface area contributed by atoms with Crippen LogP contribution in [0.4, 0.5) is 5.69 Å². The molecule has 0 bridgehead atoms. The van der Waals surface area contributed by atoms with Crippen LogP contribution in [-0.2, 0) is 10.3 Å². The van der Waals surface area contributed by atoms with E-state index in [9.17, 15) is 9.90 Å². The first-order valence-electron chi connectivity index (χ1n) is 11.2. The first-order chi connectivity index (χ1) is 15.9. The highest BCUT2D eigenvalue weighted by molar-refractivity contribution is 5.84. The smallest absolute Gasteiger partial charge is 0.196 e. The minimum atomic E-state index is -0.984. The second-order valence-corrected chi connectivity index (χ2v) is 8.92. The number of aliphatic hydroxyl groups is 1. The van der Waals surface area contributed by atoms with Gasteiger partial charge in [-0.3, -0.25) is 4.79 Å². The Balaban J connectivity index is 1.63. The Hall–Kier alpha value is -3.41. The van der Waals surface area contributed by atoms with E-state index in [2.05, 4.69) is 11.4 Å². The van der Waals surface area contributed by atoms with Gasteiger partial charge in [0.05, 0.1) is 24.6 Å². The maximum absolute atomic E-state index is 13.3. The van der Waals surface area contributed by atoms with E-state index in [0.29, 0.717) is 22.3 Å². The monoisotopic (exact) mass is 441 g/mol. The fourth-order valence-electron chi connectivity index (χ4n) is 4.53. The van der Waals surface area contributed by atoms with Crippen LogP contribution >= 0.6 is 0 Å². The summed E-state index contributed by atoms with van der Waals surface area (Å²) in [5.74, 6) is 0.590. The van der Waals surface area contributed by atoms with Crippen molar-refractivity contribution in [2.75, 3.05) is 18.5 Å². The van der Waals surface area contributed by atoms with Crippen molar-refractivity contribution < 1.29 is 14.3 Å². The number of aryl methyl sites for hydroxylation is 1. The lowest BCUT2D eigenvalue weighted by atomic mass is 9.90. The van der Waals surface area contributed by atoms with E-state index in [-0.39, 0.29) is 24.7 Å². The number of nitrogens with one attached hydrogen (secondary N) is 1. The molecule has 0 spiro atoms. The summed E-state index contributed by atoms with van der Waals surface area (Å²) in [5, 5.41) is 15.0. The molecule has 3 aromatic carbocycles. The second kappa shape index (κ2) is 8.18. The minimum absolute atomic E-state index is 0.0198. The molecular weight excluding hydrogens is 414 g/mol. The van der Waals surface area contributed by atoms with Crippen molar-refractivity contribution in [3.63, 3.8) is 0 Å². The van der Waals surface area contributed by atoms with E-state index in [1.165, 1.54) is 0 Å². The summed E-state index contributed by atoms with van der Waals surface area (Å²) in [6.45, 7) is 6.39. The summed E-state index contributed by atoms with van der Waals surface area (Å²) >= 11 is 0. The van der Waals surface area contributed by atoms with E-state index in [1.54, 1.807) is 0 Å². The van der Waals surface area contributed by atoms with Crippen molar-refractivity contribution in [2.45, 2.75) is 32.4 Å². The number of fused-ring (bicyclic) bond motifs is 1. The molecule has 1 aliphatic heterocycles. The van der Waals surface area contributed by atoms with Crippen LogP contribution in [0, 0.1) is 13.8 Å². The van der Waals surface area contributed by atoms with Gasteiger partial charge in [-0.1, -0.05) is 54.6 Å². The highest BCUT2D eigenvalue weighted by atomic mass is 16.5. The molecule has 0 aliphatic carbocycles. The van der Waals surface area contributed by atoms with Gasteiger partial charge in [-0.05, 0) is 38.5 Å². The SMILES string of the molecule is Cc1cc([C@@H](C)Nc2ccccc2C2(O)COC2)c2oc(-c3ccccc3)c(C)c(=O)c2c1. The molecule has 1 fully saturated rings. The van der Waals surface area contributed by atoms with Crippen LogP contribution in [0.2, 0.25) is 0 Å². The van der Waals surface area contributed by atoms with E-state index in [4.69, 9.17) is 9.15 Å². The second-order valence-electron chi connectivity index (χ2n) is 8.92. The molecule has 0 radical (unpaired) electrons. The van der Waals surface area contributed by atoms with Crippen molar-refractivity contribution in [3.05, 3.63) is 99.2 Å². The van der Waals surface area contributed by atoms with Crippen LogP contribution in [0.15, 0.2) is 75.9 Å². The molecule has 1 aliphatic rings. The van der Waals surface area contributed by atoms with Crippen LogP contribution in [0.1, 0.15) is 35.2 Å². The summed E-state index contributed by atoms with van der Waals surface area (Å²) < 4.78 is 11.7. The van der Waals surface area contributed by atoms with Gasteiger partial charge < -0.3 is 19.6 Å². The molecule has 1 aromatic heterocycles. The molecule has 4 aromatic rings. The van der Waals surface area contributed by atoms with Gasteiger partial charge in [-0.25, -0.2) is 0 Å². The van der Waals surface area contributed by atoms with Gasteiger partial charge >= 0.3 is 0 Å². The third-order valence-electron chi connectivity index (χ3n) is 6.38. The molecule has 5 nitrogen and oxygen atoms in total. The molecule has 2 N–H and O–H groups in total. The Morgan fingerprint density at radius 2 is 1.70 bits per heavy atom. The number of hydrogen-bond donors (Lipinski definition) is 2. The van der Waals surface area contributed by atoms with Crippen LogP contribution < -0.4 is 10.7 Å². The highest BCUT2D eigenvalue weighted by Crippen LogP contribution is 2.37. The van der Waals surface area contributed by atoms with Gasteiger partial charge in [0.2, 0.25) is 0 Å². The molecule has 1 atom stereocenters. The molecular formula is C28H27NO4. The Morgan fingerprint density at radius 1 is 1.00 bits per heavy atom. The highest BCUT2D eigenvalue weighted by Gasteiger charge is 2.39. The third-order valence-corrected chi connectivity index (χ3v) is 6.38. The van der Waals surface area contributed by atoms with Crippen LogP contribution in [0.3, 0.4) is 0 Å². The average Bonchev–Trinajstić information content (AvgIpc) is 2.80. The molecule has 0 saturated carbocycles. The zero-order valence-electron chi connectivity index (χ0n) is 19.0. The van der Waals surface area contributed by atoms with Crippen molar-refractivity contribution in [1.29, 1.82) is 0 Å². The van der Waals surface area contributed by atoms with E-state index in [0.717, 1.165) is 27.9 Å². The summed E-state index contributed by atoms with van der Waals surface area (Å²) in [4.78, 5) is 13.3. The number of para-hydroxylation sites is 1. The zero-order chi connectivity index (χ0) is 23.2. The number of anilines is 1. The van der Waals surface area contributed by atoms with Crippen molar-refractivity contribution in [1.82, 2.24) is 0 Å². The Bertz CT molecular complexity index is 1390. The molecule has 1 saturated heterocycles. The molecule has 33 heavy (non-hydrogen) atoms. The lowest BCUT2D eigenvalue weighted by Gasteiger charge is -2.38. The number of hydrogen-bond acceptors (Lipinski definition) is 5. The summed E-state index contributed by atoms with van der Waals surface area (Å²) in [7, 11) is 0. The molecule has 5 heteroatoms. The minimum Gasteiger partial charge on any atom is -0.455 e. The normalized spacial score (nSPS) is 15.8. The van der Waals surface area contributed by atoms with E-state index in [1.807, 2.05) is 81.4 Å². The van der Waals surface area contributed by atoms with Crippen molar-refractivity contribution in [3.8, 4) is 11.3 Å². The molecule has 5 rings (SSSR count). The lowest BCUT2D eigenvalue weighted by Crippen LogP contribution is -2.46. The summed E-state index contributed by atoms with van der Waals surface area (Å²) in [6.07, 6.45) is 0. The zero-order valence-corrected chi connectivity index (χ0v) is 19.0.